The Morgan fingerprint density at radius 1 is 0.365 bits per heavy atom. The fourth-order valence-corrected chi connectivity index (χ4v) is 8.94. The number of hydrogen-bond donors (Lipinski definition) is 15. The lowest BCUT2D eigenvalue weighted by Gasteiger charge is -2.43. The van der Waals surface area contributed by atoms with Gasteiger partial charge in [0, 0.05) is 58.5 Å². The van der Waals surface area contributed by atoms with Gasteiger partial charge < -0.3 is 90.8 Å². The van der Waals surface area contributed by atoms with Crippen molar-refractivity contribution in [1.82, 2.24) is 0 Å². The second kappa shape index (κ2) is 14.7. The molecule has 326 valence electrons. The van der Waals surface area contributed by atoms with Crippen molar-refractivity contribution < 1.29 is 90.8 Å². The monoisotopic (exact) mass is 866 g/mol. The van der Waals surface area contributed by atoms with E-state index in [9.17, 15) is 76.6 Å². The minimum absolute atomic E-state index is 0.0127. The number of ether oxygens (including phenoxy) is 3. The zero-order valence-corrected chi connectivity index (χ0v) is 32.3. The molecule has 0 amide bonds. The number of aliphatic hydroxyl groups excluding tert-OH is 3. The molecule has 9 rings (SSSR count). The van der Waals surface area contributed by atoms with Gasteiger partial charge in [0.1, 0.15) is 70.1 Å². The maximum Gasteiger partial charge on any atom is 0.157 e. The Hall–Kier alpha value is -7.80. The van der Waals surface area contributed by atoms with Gasteiger partial charge in [-0.3, -0.25) is 0 Å². The summed E-state index contributed by atoms with van der Waals surface area (Å²) in [6.45, 7) is 0. The van der Waals surface area contributed by atoms with E-state index in [2.05, 4.69) is 0 Å². The lowest BCUT2D eigenvalue weighted by atomic mass is 9.73. The maximum atomic E-state index is 12.5. The second-order valence-corrected chi connectivity index (χ2v) is 15.7. The Morgan fingerprint density at radius 2 is 0.778 bits per heavy atom. The van der Waals surface area contributed by atoms with Crippen LogP contribution in [0.25, 0.3) is 0 Å². The van der Waals surface area contributed by atoms with Crippen molar-refractivity contribution in [2.75, 3.05) is 0 Å². The van der Waals surface area contributed by atoms with Crippen LogP contribution >= 0.6 is 0 Å². The van der Waals surface area contributed by atoms with Crippen LogP contribution in [-0.4, -0.2) is 94.9 Å². The SMILES string of the molecule is Oc1cc(O)c2c(c1)O[C@H](c1ccc(O)c(O)c1)C(O)[C@H]2c1c(O)cc(O)c2c1O[C@H](c1ccc(O)c(O)c1)C(O)[C@H]2c1c(O)cc(O)c2c1O[C@H](c1ccc(O)c(O)c1)C(O)C2. The molecule has 0 bridgehead atoms. The van der Waals surface area contributed by atoms with Crippen molar-refractivity contribution in [1.29, 1.82) is 0 Å². The van der Waals surface area contributed by atoms with Crippen molar-refractivity contribution in [2.24, 2.45) is 0 Å². The first-order valence-corrected chi connectivity index (χ1v) is 19.3. The van der Waals surface area contributed by atoms with E-state index in [-0.39, 0.29) is 62.4 Å². The van der Waals surface area contributed by atoms with Gasteiger partial charge in [0.2, 0.25) is 0 Å². The number of phenolic OH excluding ortho intramolecular Hbond substituents is 12. The number of aromatic hydroxyl groups is 12. The van der Waals surface area contributed by atoms with Gasteiger partial charge in [-0.05, 0) is 53.1 Å². The molecule has 3 aliphatic heterocycles. The lowest BCUT2D eigenvalue weighted by Crippen LogP contribution is -2.39. The molecule has 3 aliphatic rings. The number of benzene rings is 6. The molecule has 0 radical (unpaired) electrons. The topological polar surface area (TPSA) is 331 Å². The van der Waals surface area contributed by atoms with Crippen LogP contribution in [0.3, 0.4) is 0 Å². The molecule has 0 aliphatic carbocycles. The molecule has 0 saturated heterocycles. The Kier molecular flexibility index (Phi) is 9.46. The molecular formula is C45H38O18. The van der Waals surface area contributed by atoms with Crippen molar-refractivity contribution in [3.8, 4) is 86.2 Å². The summed E-state index contributed by atoms with van der Waals surface area (Å²) in [4.78, 5) is 0. The van der Waals surface area contributed by atoms with Crippen LogP contribution in [-0.2, 0) is 6.42 Å². The minimum atomic E-state index is -1.90. The van der Waals surface area contributed by atoms with Gasteiger partial charge in [-0.2, -0.15) is 0 Å². The van der Waals surface area contributed by atoms with Gasteiger partial charge in [0.25, 0.3) is 0 Å². The molecule has 0 fully saturated rings. The van der Waals surface area contributed by atoms with Crippen molar-refractivity contribution in [3.63, 3.8) is 0 Å². The number of aliphatic hydroxyl groups is 3. The summed E-state index contributed by atoms with van der Waals surface area (Å²) in [5.41, 5.74) is -1.10. The molecule has 15 N–H and O–H groups in total. The van der Waals surface area contributed by atoms with Gasteiger partial charge in [-0.1, -0.05) is 18.2 Å². The molecule has 18 heteroatoms. The van der Waals surface area contributed by atoms with E-state index in [1.54, 1.807) is 0 Å². The van der Waals surface area contributed by atoms with Crippen LogP contribution in [0.4, 0.5) is 0 Å². The highest BCUT2D eigenvalue weighted by atomic mass is 16.5. The molecule has 0 aromatic heterocycles. The highest BCUT2D eigenvalue weighted by Crippen LogP contribution is 2.62. The second-order valence-electron chi connectivity index (χ2n) is 15.7. The van der Waals surface area contributed by atoms with Gasteiger partial charge >= 0.3 is 0 Å². The molecule has 8 atom stereocenters. The third-order valence-electron chi connectivity index (χ3n) is 11.8. The molecule has 63 heavy (non-hydrogen) atoms. The smallest absolute Gasteiger partial charge is 0.157 e. The zero-order chi connectivity index (χ0) is 44.9. The normalized spacial score (nSPS) is 23.6. The van der Waals surface area contributed by atoms with Crippen LogP contribution in [0.5, 0.6) is 86.2 Å². The average Bonchev–Trinajstić information content (AvgIpc) is 3.22. The minimum Gasteiger partial charge on any atom is -0.508 e. The van der Waals surface area contributed by atoms with Crippen LogP contribution in [0.2, 0.25) is 0 Å². The van der Waals surface area contributed by atoms with Gasteiger partial charge in [0.15, 0.2) is 46.7 Å². The predicted molar refractivity (Wildman–Crippen MR) is 214 cm³/mol. The maximum absolute atomic E-state index is 12.5. The standard InChI is InChI=1S/C45H38O18/c46-18-10-27(54)33-32(11-18)61-42(16-2-5-21(48)25(52)8-16)39(59)37(33)35-29(56)14-30(57)36-38(40(60)43(63-45(35)36)17-3-6-22(49)26(53)9-17)34-28(55)13-23(50)19-12-31(58)41(62-44(19)34)15-1-4-20(47)24(51)7-15/h1-11,13-14,31,37-43,46-60H,12H2/t31?,37-,38+,39?,40?,41-,42-,43-/m1/s1. The average molecular weight is 867 g/mol. The van der Waals surface area contributed by atoms with Crippen LogP contribution in [0, 0.1) is 0 Å². The largest absolute Gasteiger partial charge is 0.508 e. The first kappa shape index (κ1) is 40.6. The summed E-state index contributed by atoms with van der Waals surface area (Å²) in [7, 11) is 0. The summed E-state index contributed by atoms with van der Waals surface area (Å²) < 4.78 is 18.9. The Labute approximate surface area is 354 Å². The summed E-state index contributed by atoms with van der Waals surface area (Å²) in [5, 5.41) is 166. The molecule has 3 unspecified atom stereocenters. The molecule has 0 spiro atoms. The van der Waals surface area contributed by atoms with E-state index in [4.69, 9.17) is 14.2 Å². The van der Waals surface area contributed by atoms with E-state index < -0.39 is 123 Å². The molecule has 0 saturated carbocycles. The molecule has 6 aromatic rings. The lowest BCUT2D eigenvalue weighted by molar-refractivity contribution is -0.00562. The number of fused-ring (bicyclic) bond motifs is 3. The van der Waals surface area contributed by atoms with E-state index in [1.165, 1.54) is 18.2 Å². The zero-order valence-electron chi connectivity index (χ0n) is 32.3. The van der Waals surface area contributed by atoms with Gasteiger partial charge in [0.05, 0.1) is 17.9 Å². The molecule has 3 heterocycles. The highest BCUT2D eigenvalue weighted by molar-refractivity contribution is 5.70. The third kappa shape index (κ3) is 6.46. The molecule has 6 aromatic carbocycles. The summed E-state index contributed by atoms with van der Waals surface area (Å²) in [6.07, 6.45) is -9.93. The van der Waals surface area contributed by atoms with Gasteiger partial charge in [-0.25, -0.2) is 0 Å². The fraction of sp³-hybridized carbons (Fsp3) is 0.200. The number of phenols is 12. The molecular weight excluding hydrogens is 828 g/mol. The van der Waals surface area contributed by atoms with Crippen molar-refractivity contribution in [3.05, 3.63) is 123 Å². The quantitative estimate of drug-likeness (QED) is 0.106. The summed E-state index contributed by atoms with van der Waals surface area (Å²) >= 11 is 0. The fourth-order valence-electron chi connectivity index (χ4n) is 8.94. The van der Waals surface area contributed by atoms with E-state index >= 15 is 0 Å². The summed E-state index contributed by atoms with van der Waals surface area (Å²) in [5.74, 6) is -11.5. The van der Waals surface area contributed by atoms with Crippen LogP contribution in [0.15, 0.2) is 78.9 Å². The van der Waals surface area contributed by atoms with Crippen LogP contribution < -0.4 is 14.2 Å². The highest BCUT2D eigenvalue weighted by Gasteiger charge is 2.51. The number of hydrogen-bond acceptors (Lipinski definition) is 18. The summed E-state index contributed by atoms with van der Waals surface area (Å²) in [6, 6.07) is 14.4. The Morgan fingerprint density at radius 3 is 1.29 bits per heavy atom. The third-order valence-corrected chi connectivity index (χ3v) is 11.8. The first-order valence-electron chi connectivity index (χ1n) is 19.3. The van der Waals surface area contributed by atoms with Gasteiger partial charge in [-0.15, -0.1) is 0 Å². The first-order chi connectivity index (χ1) is 29.9. The van der Waals surface area contributed by atoms with E-state index in [0.29, 0.717) is 0 Å². The molecule has 18 nitrogen and oxygen atoms in total. The van der Waals surface area contributed by atoms with Crippen LogP contribution in [0.1, 0.15) is 74.7 Å². The predicted octanol–water partition coefficient (Wildman–Crippen LogP) is 4.44. The van der Waals surface area contributed by atoms with Crippen molar-refractivity contribution >= 4 is 0 Å². The Bertz CT molecular complexity index is 2840. The van der Waals surface area contributed by atoms with E-state index in [0.717, 1.165) is 60.7 Å². The number of rotatable bonds is 5. The van der Waals surface area contributed by atoms with Crippen molar-refractivity contribution in [2.45, 2.75) is 54.9 Å². The Balaban J connectivity index is 1.31. The van der Waals surface area contributed by atoms with E-state index in [1.807, 2.05) is 0 Å².